The van der Waals surface area contributed by atoms with Crippen molar-refractivity contribution in [2.75, 3.05) is 18.2 Å². The van der Waals surface area contributed by atoms with Crippen molar-refractivity contribution >= 4 is 34.1 Å². The summed E-state index contributed by atoms with van der Waals surface area (Å²) in [4.78, 5) is 16.7. The number of nitrogens with one attached hydrogen (secondary N) is 1. The molecule has 7 nitrogen and oxygen atoms in total. The molecule has 0 atom stereocenters. The van der Waals surface area contributed by atoms with Crippen molar-refractivity contribution in [1.29, 1.82) is 0 Å². The minimum absolute atomic E-state index is 0.101. The summed E-state index contributed by atoms with van der Waals surface area (Å²) in [6, 6.07) is 7.58. The van der Waals surface area contributed by atoms with Crippen LogP contribution in [-0.2, 0) is 4.79 Å². The molecule has 26 heavy (non-hydrogen) atoms. The Labute approximate surface area is 158 Å². The van der Waals surface area contributed by atoms with Crippen molar-refractivity contribution in [3.05, 3.63) is 41.7 Å². The maximum atomic E-state index is 12.2. The van der Waals surface area contributed by atoms with E-state index in [0.717, 1.165) is 17.1 Å². The van der Waals surface area contributed by atoms with E-state index in [1.807, 2.05) is 34.2 Å². The lowest BCUT2D eigenvalue weighted by Crippen LogP contribution is -2.14. The Hall–Kier alpha value is -2.39. The summed E-state index contributed by atoms with van der Waals surface area (Å²) in [7, 11) is 1.63. The van der Waals surface area contributed by atoms with E-state index in [9.17, 15) is 4.79 Å². The molecule has 3 aromatic rings. The zero-order valence-corrected chi connectivity index (χ0v) is 15.7. The largest absolute Gasteiger partial charge is 0.497 e. The molecule has 9 heteroatoms. The van der Waals surface area contributed by atoms with Gasteiger partial charge in [0, 0.05) is 17.0 Å². The van der Waals surface area contributed by atoms with Gasteiger partial charge in [-0.25, -0.2) is 4.98 Å². The molecule has 0 spiro atoms. The fourth-order valence-electron chi connectivity index (χ4n) is 2.44. The second kappa shape index (κ2) is 7.46. The van der Waals surface area contributed by atoms with E-state index in [1.54, 1.807) is 13.4 Å². The molecule has 1 N–H and O–H groups in total. The van der Waals surface area contributed by atoms with Crippen molar-refractivity contribution in [2.24, 2.45) is 0 Å². The molecule has 0 unspecified atom stereocenters. The molecule has 2 aromatic heterocycles. The zero-order chi connectivity index (χ0) is 17.9. The van der Waals surface area contributed by atoms with Gasteiger partial charge in [0.1, 0.15) is 12.1 Å². The fourth-order valence-corrected chi connectivity index (χ4v) is 3.98. The van der Waals surface area contributed by atoms with Gasteiger partial charge in [-0.2, -0.15) is 0 Å². The summed E-state index contributed by atoms with van der Waals surface area (Å²) in [6.45, 7) is 0. The molecule has 1 fully saturated rings. The van der Waals surface area contributed by atoms with Gasteiger partial charge in [-0.05, 0) is 37.1 Å². The number of aromatic nitrogens is 4. The van der Waals surface area contributed by atoms with Crippen molar-refractivity contribution in [1.82, 2.24) is 19.7 Å². The van der Waals surface area contributed by atoms with Crippen molar-refractivity contribution in [3.63, 3.8) is 0 Å². The van der Waals surface area contributed by atoms with Gasteiger partial charge in [-0.15, -0.1) is 21.5 Å². The number of anilines is 1. The predicted octanol–water partition coefficient (Wildman–Crippen LogP) is 3.34. The minimum atomic E-state index is -0.101. The van der Waals surface area contributed by atoms with Crippen molar-refractivity contribution < 1.29 is 9.53 Å². The average molecular weight is 387 g/mol. The smallest absolute Gasteiger partial charge is 0.236 e. The molecule has 1 aliphatic carbocycles. The second-order valence-corrected chi connectivity index (χ2v) is 7.67. The molecule has 0 aliphatic heterocycles. The van der Waals surface area contributed by atoms with Crippen LogP contribution in [0.3, 0.4) is 0 Å². The van der Waals surface area contributed by atoms with Crippen LogP contribution >= 0.6 is 23.1 Å². The molecule has 1 aromatic carbocycles. The maximum absolute atomic E-state index is 12.2. The van der Waals surface area contributed by atoms with Gasteiger partial charge in [-0.3, -0.25) is 9.36 Å². The molecule has 1 aliphatic rings. The maximum Gasteiger partial charge on any atom is 0.236 e. The lowest BCUT2D eigenvalue weighted by atomic mass is 10.3. The summed E-state index contributed by atoms with van der Waals surface area (Å²) in [5, 5.41) is 14.3. The SMILES string of the molecule is COc1ccc(-n2cnnc2SCC(=O)Nc2nc(C3CC3)cs2)cc1. The van der Waals surface area contributed by atoms with Gasteiger partial charge in [0.15, 0.2) is 10.3 Å². The first-order valence-corrected chi connectivity index (χ1v) is 10.0. The van der Waals surface area contributed by atoms with Crippen LogP contribution in [0.25, 0.3) is 5.69 Å². The third-order valence-corrected chi connectivity index (χ3v) is 5.68. The fraction of sp³-hybridized carbons (Fsp3) is 0.294. The quantitative estimate of drug-likeness (QED) is 0.626. The summed E-state index contributed by atoms with van der Waals surface area (Å²) in [6.07, 6.45) is 4.03. The molecule has 0 radical (unpaired) electrons. The summed E-state index contributed by atoms with van der Waals surface area (Å²) < 4.78 is 7.01. The van der Waals surface area contributed by atoms with Crippen LogP contribution in [0.5, 0.6) is 5.75 Å². The number of benzene rings is 1. The Balaban J connectivity index is 1.36. The number of hydrogen-bond donors (Lipinski definition) is 1. The van der Waals surface area contributed by atoms with E-state index in [0.29, 0.717) is 16.2 Å². The van der Waals surface area contributed by atoms with E-state index in [-0.39, 0.29) is 11.7 Å². The number of carbonyl (C=O) groups is 1. The summed E-state index contributed by atoms with van der Waals surface area (Å²) in [5.74, 6) is 1.52. The highest BCUT2D eigenvalue weighted by Gasteiger charge is 2.26. The van der Waals surface area contributed by atoms with Crippen LogP contribution in [0.4, 0.5) is 5.13 Å². The first-order valence-electron chi connectivity index (χ1n) is 8.15. The van der Waals surface area contributed by atoms with E-state index in [2.05, 4.69) is 20.5 Å². The van der Waals surface area contributed by atoms with E-state index in [4.69, 9.17) is 4.74 Å². The first kappa shape index (κ1) is 17.0. The number of methoxy groups -OCH3 is 1. The van der Waals surface area contributed by atoms with Crippen LogP contribution in [0, 0.1) is 0 Å². The number of thioether (sulfide) groups is 1. The van der Waals surface area contributed by atoms with Crippen molar-refractivity contribution in [3.8, 4) is 11.4 Å². The third-order valence-electron chi connectivity index (χ3n) is 3.96. The second-order valence-electron chi connectivity index (χ2n) is 5.87. The van der Waals surface area contributed by atoms with Gasteiger partial charge in [0.2, 0.25) is 5.91 Å². The highest BCUT2D eigenvalue weighted by molar-refractivity contribution is 7.99. The molecule has 134 valence electrons. The zero-order valence-electron chi connectivity index (χ0n) is 14.1. The molecule has 0 bridgehead atoms. The number of thiazole rings is 1. The number of carbonyl (C=O) groups excluding carboxylic acids is 1. The van der Waals surface area contributed by atoms with Crippen LogP contribution in [0.2, 0.25) is 0 Å². The van der Waals surface area contributed by atoms with E-state index in [1.165, 1.54) is 35.9 Å². The molecule has 0 saturated heterocycles. The van der Waals surface area contributed by atoms with Crippen LogP contribution < -0.4 is 10.1 Å². The van der Waals surface area contributed by atoms with Gasteiger partial charge in [0.25, 0.3) is 0 Å². The number of nitrogens with zero attached hydrogens (tertiary/aromatic N) is 4. The molecule has 1 saturated carbocycles. The Bertz CT molecular complexity index is 902. The highest BCUT2D eigenvalue weighted by atomic mass is 32.2. The molecule has 2 heterocycles. The standard InChI is InChI=1S/C17H17N5O2S2/c1-24-13-6-4-12(5-7-13)22-10-18-21-17(22)26-9-15(23)20-16-19-14(8-25-16)11-2-3-11/h4-8,10-11H,2-3,9H2,1H3,(H,19,20,23). The predicted molar refractivity (Wildman–Crippen MR) is 101 cm³/mol. The number of hydrogen-bond acceptors (Lipinski definition) is 7. The van der Waals surface area contributed by atoms with Gasteiger partial charge >= 0.3 is 0 Å². The van der Waals surface area contributed by atoms with Gasteiger partial charge < -0.3 is 10.1 Å². The number of amides is 1. The third kappa shape index (κ3) is 3.88. The Morgan fingerprint density at radius 1 is 1.38 bits per heavy atom. The van der Waals surface area contributed by atoms with E-state index >= 15 is 0 Å². The molecule has 4 rings (SSSR count). The Morgan fingerprint density at radius 3 is 2.92 bits per heavy atom. The Morgan fingerprint density at radius 2 is 2.19 bits per heavy atom. The Kier molecular flexibility index (Phi) is 4.89. The molecule has 1 amide bonds. The average Bonchev–Trinajstić information content (AvgIpc) is 3.23. The summed E-state index contributed by atoms with van der Waals surface area (Å²) in [5.41, 5.74) is 2.00. The molecular formula is C17H17N5O2S2. The monoisotopic (exact) mass is 387 g/mol. The molecular weight excluding hydrogens is 370 g/mol. The van der Waals surface area contributed by atoms with E-state index < -0.39 is 0 Å². The minimum Gasteiger partial charge on any atom is -0.497 e. The lowest BCUT2D eigenvalue weighted by Gasteiger charge is -2.07. The number of rotatable bonds is 7. The van der Waals surface area contributed by atoms with Crippen LogP contribution in [0.1, 0.15) is 24.5 Å². The topological polar surface area (TPSA) is 81.9 Å². The lowest BCUT2D eigenvalue weighted by molar-refractivity contribution is -0.113. The normalized spacial score (nSPS) is 13.6. The van der Waals surface area contributed by atoms with Gasteiger partial charge in [-0.1, -0.05) is 11.8 Å². The highest BCUT2D eigenvalue weighted by Crippen LogP contribution is 2.40. The van der Waals surface area contributed by atoms with Gasteiger partial charge in [0.05, 0.1) is 18.6 Å². The summed E-state index contributed by atoms with van der Waals surface area (Å²) >= 11 is 2.81. The van der Waals surface area contributed by atoms with Crippen LogP contribution in [-0.4, -0.2) is 38.5 Å². The van der Waals surface area contributed by atoms with Crippen molar-refractivity contribution in [2.45, 2.75) is 23.9 Å². The first-order chi connectivity index (χ1) is 12.7. The number of ether oxygens (including phenoxy) is 1. The van der Waals surface area contributed by atoms with Crippen LogP contribution in [0.15, 0.2) is 41.1 Å².